The molecule has 9 heteroatoms. The fourth-order valence-corrected chi connectivity index (χ4v) is 1.82. The van der Waals surface area contributed by atoms with Gasteiger partial charge in [-0.05, 0) is 24.1 Å². The van der Waals surface area contributed by atoms with Crippen LogP contribution in [0.5, 0.6) is 0 Å². The maximum Gasteiger partial charge on any atom is 0.249 e. The fraction of sp³-hybridized carbons (Fsp3) is 0.167. The van der Waals surface area contributed by atoms with Gasteiger partial charge >= 0.3 is 0 Å². The van der Waals surface area contributed by atoms with Crippen molar-refractivity contribution in [3.63, 3.8) is 0 Å². The number of nitrogens with one attached hydrogen (secondary N) is 1. The summed E-state index contributed by atoms with van der Waals surface area (Å²) < 4.78 is 0. The van der Waals surface area contributed by atoms with E-state index in [0.717, 1.165) is 12.1 Å². The zero-order valence-electron chi connectivity index (χ0n) is 10.9. The maximum absolute atomic E-state index is 11.5. The minimum atomic E-state index is -0.903. The van der Waals surface area contributed by atoms with E-state index in [1.807, 2.05) is 0 Å². The van der Waals surface area contributed by atoms with E-state index in [4.69, 9.17) is 22.4 Å². The molecule has 1 aromatic rings. The second-order valence-electron chi connectivity index (χ2n) is 4.18. The van der Waals surface area contributed by atoms with E-state index in [2.05, 4.69) is 0 Å². The van der Waals surface area contributed by atoms with Crippen molar-refractivity contribution in [3.05, 3.63) is 34.4 Å². The van der Waals surface area contributed by atoms with Gasteiger partial charge in [0.1, 0.15) is 0 Å². The summed E-state index contributed by atoms with van der Waals surface area (Å²) in [5, 5.41) is 8.44. The molecule has 0 bridgehead atoms. The van der Waals surface area contributed by atoms with Crippen molar-refractivity contribution >= 4 is 23.6 Å². The highest BCUT2D eigenvalue weighted by atomic mass is 16.5. The van der Waals surface area contributed by atoms with Crippen LogP contribution in [-0.4, -0.2) is 28.8 Å². The largest absolute Gasteiger partial charge is 0.366 e. The average molecular weight is 294 g/mol. The van der Waals surface area contributed by atoms with Crippen LogP contribution < -0.4 is 22.7 Å². The van der Waals surface area contributed by atoms with Crippen LogP contribution in [0.2, 0.25) is 0 Å². The Morgan fingerprint density at radius 2 is 1.43 bits per heavy atom. The van der Waals surface area contributed by atoms with Crippen LogP contribution in [0.1, 0.15) is 43.1 Å². The molecule has 1 rings (SSSR count). The van der Waals surface area contributed by atoms with Gasteiger partial charge in [-0.15, -0.1) is 0 Å². The number of amides is 4. The second kappa shape index (κ2) is 6.48. The molecule has 0 fully saturated rings. The molecule has 8 N–H and O–H groups in total. The molecular weight excluding hydrogens is 280 g/mol. The Bertz CT molecular complexity index is 591. The van der Waals surface area contributed by atoms with Crippen molar-refractivity contribution < 1.29 is 24.4 Å². The van der Waals surface area contributed by atoms with Gasteiger partial charge in [-0.25, -0.2) is 5.48 Å². The number of rotatable bonds is 6. The summed E-state index contributed by atoms with van der Waals surface area (Å²) in [4.78, 5) is 45.2. The lowest BCUT2D eigenvalue weighted by atomic mass is 9.93. The van der Waals surface area contributed by atoms with Crippen molar-refractivity contribution in [1.82, 2.24) is 5.48 Å². The van der Waals surface area contributed by atoms with E-state index in [-0.39, 0.29) is 35.1 Å². The van der Waals surface area contributed by atoms with E-state index in [0.29, 0.717) is 0 Å². The second-order valence-corrected chi connectivity index (χ2v) is 4.18. The first-order valence-corrected chi connectivity index (χ1v) is 5.77. The number of primary amides is 3. The third kappa shape index (κ3) is 3.76. The van der Waals surface area contributed by atoms with Crippen LogP contribution in [0.3, 0.4) is 0 Å². The molecule has 112 valence electrons. The summed E-state index contributed by atoms with van der Waals surface area (Å²) in [6.45, 7) is 0. The molecule has 0 aliphatic heterocycles. The lowest BCUT2D eigenvalue weighted by molar-refractivity contribution is -0.129. The first kappa shape index (κ1) is 16.1. The van der Waals surface area contributed by atoms with Crippen molar-refractivity contribution in [1.29, 1.82) is 0 Å². The number of carbonyl (C=O) groups is 4. The van der Waals surface area contributed by atoms with Gasteiger partial charge in [-0.2, -0.15) is 0 Å². The minimum Gasteiger partial charge on any atom is -0.366 e. The molecule has 0 radical (unpaired) electrons. The highest BCUT2D eigenvalue weighted by Gasteiger charge is 2.20. The van der Waals surface area contributed by atoms with Gasteiger partial charge in [0.05, 0.1) is 0 Å². The van der Waals surface area contributed by atoms with Gasteiger partial charge in [-0.3, -0.25) is 24.4 Å². The van der Waals surface area contributed by atoms with Gasteiger partial charge in [0.25, 0.3) is 0 Å². The molecule has 0 spiro atoms. The Morgan fingerprint density at radius 1 is 0.952 bits per heavy atom. The number of nitrogens with two attached hydrogens (primary N) is 3. The lowest BCUT2D eigenvalue weighted by Crippen LogP contribution is -2.24. The molecule has 0 aliphatic rings. The molecule has 4 amide bonds. The Hall–Kier alpha value is -2.94. The Morgan fingerprint density at radius 3 is 1.76 bits per heavy atom. The minimum absolute atomic E-state index is 0.0814. The van der Waals surface area contributed by atoms with E-state index < -0.39 is 23.6 Å². The Balaban J connectivity index is 3.42. The fourth-order valence-electron chi connectivity index (χ4n) is 1.82. The molecule has 0 aliphatic carbocycles. The first-order chi connectivity index (χ1) is 9.77. The molecule has 0 heterocycles. The van der Waals surface area contributed by atoms with Gasteiger partial charge < -0.3 is 17.2 Å². The number of hydrogen-bond acceptors (Lipinski definition) is 5. The van der Waals surface area contributed by atoms with E-state index in [1.54, 1.807) is 0 Å². The van der Waals surface area contributed by atoms with Crippen LogP contribution >= 0.6 is 0 Å². The zero-order chi connectivity index (χ0) is 16.2. The van der Waals surface area contributed by atoms with Crippen molar-refractivity contribution in [2.24, 2.45) is 17.2 Å². The predicted octanol–water partition coefficient (Wildman–Crippen LogP) is -1.58. The van der Waals surface area contributed by atoms with Gasteiger partial charge in [0.2, 0.25) is 23.6 Å². The highest BCUT2D eigenvalue weighted by molar-refractivity contribution is 6.05. The third-order valence-electron chi connectivity index (χ3n) is 2.79. The van der Waals surface area contributed by atoms with Gasteiger partial charge in [0.15, 0.2) is 0 Å². The van der Waals surface area contributed by atoms with E-state index in [9.17, 15) is 19.2 Å². The number of benzene rings is 1. The van der Waals surface area contributed by atoms with Gasteiger partial charge in [-0.1, -0.05) is 0 Å². The van der Waals surface area contributed by atoms with Crippen LogP contribution in [0.15, 0.2) is 12.1 Å². The topological polar surface area (TPSA) is 179 Å². The normalized spacial score (nSPS) is 9.95. The Labute approximate surface area is 119 Å². The number of carbonyl (C=O) groups excluding carboxylic acids is 4. The molecule has 21 heavy (non-hydrogen) atoms. The first-order valence-electron chi connectivity index (χ1n) is 5.77. The zero-order valence-corrected chi connectivity index (χ0v) is 10.9. The standard InChI is InChI=1S/C12H14N4O5/c13-10(18)5-3-7(11(14)19)6(1-2-9(17)16-21)8(4-5)12(15)20/h3-4,21H,1-2H2,(H2,13,18)(H2,14,19)(H2,15,20)(H,16,17). The number of hydroxylamine groups is 1. The van der Waals surface area contributed by atoms with Crippen LogP contribution in [0, 0.1) is 0 Å². The molecule has 0 saturated carbocycles. The summed E-state index contributed by atoms with van der Waals surface area (Å²) in [7, 11) is 0. The van der Waals surface area contributed by atoms with Crippen LogP contribution in [0.4, 0.5) is 0 Å². The summed E-state index contributed by atoms with van der Waals surface area (Å²) in [5.74, 6) is -3.39. The van der Waals surface area contributed by atoms with Crippen LogP contribution in [-0.2, 0) is 11.2 Å². The molecular formula is C12H14N4O5. The third-order valence-corrected chi connectivity index (χ3v) is 2.79. The van der Waals surface area contributed by atoms with Crippen molar-refractivity contribution in [2.45, 2.75) is 12.8 Å². The lowest BCUT2D eigenvalue weighted by Gasteiger charge is -2.12. The molecule has 0 unspecified atom stereocenters. The molecule has 0 aromatic heterocycles. The molecule has 0 atom stereocenters. The van der Waals surface area contributed by atoms with Crippen molar-refractivity contribution in [3.8, 4) is 0 Å². The van der Waals surface area contributed by atoms with Gasteiger partial charge in [0, 0.05) is 23.1 Å². The SMILES string of the molecule is NC(=O)c1cc(C(N)=O)c(CCC(=O)NO)c(C(N)=O)c1. The quantitative estimate of drug-likeness (QED) is 0.313. The predicted molar refractivity (Wildman–Crippen MR) is 70.2 cm³/mol. The summed E-state index contributed by atoms with van der Waals surface area (Å²) in [5.41, 5.74) is 16.7. The molecule has 1 aromatic carbocycles. The summed E-state index contributed by atoms with van der Waals surface area (Å²) in [6, 6.07) is 2.26. The Kier molecular flexibility index (Phi) is 4.97. The highest BCUT2D eigenvalue weighted by Crippen LogP contribution is 2.19. The summed E-state index contributed by atoms with van der Waals surface area (Å²) in [6.07, 6.45) is -0.297. The number of hydrogen-bond donors (Lipinski definition) is 5. The van der Waals surface area contributed by atoms with E-state index >= 15 is 0 Å². The average Bonchev–Trinajstić information content (AvgIpc) is 2.43. The molecule has 9 nitrogen and oxygen atoms in total. The monoisotopic (exact) mass is 294 g/mol. The smallest absolute Gasteiger partial charge is 0.249 e. The van der Waals surface area contributed by atoms with Crippen molar-refractivity contribution in [2.75, 3.05) is 0 Å². The molecule has 0 saturated heterocycles. The summed E-state index contributed by atoms with van der Waals surface area (Å²) >= 11 is 0. The van der Waals surface area contributed by atoms with E-state index in [1.165, 1.54) is 5.48 Å². The van der Waals surface area contributed by atoms with Crippen LogP contribution in [0.25, 0.3) is 0 Å². The maximum atomic E-state index is 11.5.